The molecule has 0 spiro atoms. The van der Waals surface area contributed by atoms with E-state index in [1.807, 2.05) is 0 Å². The zero-order valence-electron chi connectivity index (χ0n) is 7.59. The summed E-state index contributed by atoms with van der Waals surface area (Å²) in [5.41, 5.74) is -0.977. The Kier molecular flexibility index (Phi) is 3.58. The lowest BCUT2D eigenvalue weighted by molar-refractivity contribution is -0.0279. The Balaban J connectivity index is 2.26. The zero-order chi connectivity index (χ0) is 9.90. The second kappa shape index (κ2) is 4.30. The highest BCUT2D eigenvalue weighted by Gasteiger charge is 2.39. The van der Waals surface area contributed by atoms with Crippen molar-refractivity contribution in [2.45, 2.75) is 31.5 Å². The molecule has 5 heteroatoms. The van der Waals surface area contributed by atoms with Crippen LogP contribution in [0.2, 0.25) is 0 Å². The van der Waals surface area contributed by atoms with E-state index in [9.17, 15) is 13.9 Å². The van der Waals surface area contributed by atoms with Crippen molar-refractivity contribution in [3.63, 3.8) is 0 Å². The summed E-state index contributed by atoms with van der Waals surface area (Å²) >= 11 is 0. The van der Waals surface area contributed by atoms with Crippen LogP contribution in [0.3, 0.4) is 0 Å². The molecule has 1 aliphatic rings. The third-order valence-electron chi connectivity index (χ3n) is 2.39. The Morgan fingerprint density at radius 2 is 2.38 bits per heavy atom. The average Bonchev–Trinajstić information content (AvgIpc) is 2.32. The van der Waals surface area contributed by atoms with Crippen molar-refractivity contribution >= 4 is 0 Å². The highest BCUT2D eigenvalue weighted by atomic mass is 19.3. The summed E-state index contributed by atoms with van der Waals surface area (Å²) in [6, 6.07) is 0. The van der Waals surface area contributed by atoms with Crippen LogP contribution in [-0.4, -0.2) is 42.9 Å². The number of hydrogen-bond acceptors (Lipinski definition) is 3. The van der Waals surface area contributed by atoms with Gasteiger partial charge < -0.3 is 15.2 Å². The Bertz CT molecular complexity index is 168. The largest absolute Gasteiger partial charge is 0.386 e. The van der Waals surface area contributed by atoms with Gasteiger partial charge in [0.1, 0.15) is 5.60 Å². The van der Waals surface area contributed by atoms with Crippen LogP contribution in [0.15, 0.2) is 0 Å². The molecule has 1 heterocycles. The summed E-state index contributed by atoms with van der Waals surface area (Å²) in [4.78, 5) is 0. The first kappa shape index (κ1) is 10.8. The van der Waals surface area contributed by atoms with Crippen LogP contribution < -0.4 is 5.32 Å². The van der Waals surface area contributed by atoms with Gasteiger partial charge in [0.15, 0.2) is 0 Å². The van der Waals surface area contributed by atoms with E-state index in [4.69, 9.17) is 4.74 Å². The maximum Gasteiger partial charge on any atom is 0.250 e. The molecular formula is C8H15F2NO2. The van der Waals surface area contributed by atoms with Crippen molar-refractivity contribution in [1.82, 2.24) is 5.32 Å². The topological polar surface area (TPSA) is 41.5 Å². The highest BCUT2D eigenvalue weighted by molar-refractivity contribution is 4.91. The molecule has 0 amide bonds. The number of hydrogen-bond donors (Lipinski definition) is 2. The predicted octanol–water partition coefficient (Wildman–Crippen LogP) is 0.381. The van der Waals surface area contributed by atoms with Gasteiger partial charge in [-0.1, -0.05) is 0 Å². The molecule has 1 saturated heterocycles. The standard InChI is InChI=1S/C8H15F2NO2/c1-6-8(12,2-3-13-6)5-11-4-7(9)10/h6-7,11-12H,2-5H2,1H3. The monoisotopic (exact) mass is 195 g/mol. The minimum absolute atomic E-state index is 0.165. The lowest BCUT2D eigenvalue weighted by Gasteiger charge is -2.26. The summed E-state index contributed by atoms with van der Waals surface area (Å²) in [7, 11) is 0. The molecule has 1 fully saturated rings. The van der Waals surface area contributed by atoms with E-state index >= 15 is 0 Å². The molecular weight excluding hydrogens is 180 g/mol. The van der Waals surface area contributed by atoms with E-state index < -0.39 is 12.0 Å². The summed E-state index contributed by atoms with van der Waals surface area (Å²) in [6.45, 7) is 2.03. The molecule has 1 rings (SSSR count). The van der Waals surface area contributed by atoms with Crippen LogP contribution in [0.5, 0.6) is 0 Å². The van der Waals surface area contributed by atoms with E-state index in [2.05, 4.69) is 5.32 Å². The van der Waals surface area contributed by atoms with E-state index in [-0.39, 0.29) is 19.2 Å². The van der Waals surface area contributed by atoms with Crippen LogP contribution >= 0.6 is 0 Å². The van der Waals surface area contributed by atoms with Gasteiger partial charge in [0.05, 0.1) is 12.6 Å². The molecule has 3 nitrogen and oxygen atoms in total. The number of halogens is 2. The normalized spacial score (nSPS) is 34.4. The van der Waals surface area contributed by atoms with E-state index in [1.165, 1.54) is 0 Å². The van der Waals surface area contributed by atoms with Gasteiger partial charge in [0, 0.05) is 19.6 Å². The number of nitrogens with one attached hydrogen (secondary N) is 1. The van der Waals surface area contributed by atoms with Crippen LogP contribution in [0, 0.1) is 0 Å². The second-order valence-corrected chi connectivity index (χ2v) is 3.39. The van der Waals surface area contributed by atoms with E-state index in [0.717, 1.165) is 0 Å². The van der Waals surface area contributed by atoms with Crippen LogP contribution in [0.1, 0.15) is 13.3 Å². The van der Waals surface area contributed by atoms with Crippen molar-refractivity contribution in [2.24, 2.45) is 0 Å². The number of alkyl halides is 2. The van der Waals surface area contributed by atoms with Gasteiger partial charge in [-0.2, -0.15) is 0 Å². The van der Waals surface area contributed by atoms with Gasteiger partial charge in [-0.3, -0.25) is 0 Å². The fraction of sp³-hybridized carbons (Fsp3) is 1.00. The zero-order valence-corrected chi connectivity index (χ0v) is 7.59. The molecule has 1 aliphatic heterocycles. The molecule has 0 radical (unpaired) electrons. The Morgan fingerprint density at radius 1 is 1.69 bits per heavy atom. The maximum absolute atomic E-state index is 11.8. The van der Waals surface area contributed by atoms with Crippen molar-refractivity contribution in [2.75, 3.05) is 19.7 Å². The smallest absolute Gasteiger partial charge is 0.250 e. The molecule has 0 aliphatic carbocycles. The first-order valence-corrected chi connectivity index (χ1v) is 4.37. The molecule has 0 aromatic heterocycles. The first-order chi connectivity index (χ1) is 6.04. The average molecular weight is 195 g/mol. The van der Waals surface area contributed by atoms with Crippen molar-refractivity contribution in [1.29, 1.82) is 0 Å². The van der Waals surface area contributed by atoms with Crippen molar-refractivity contribution < 1.29 is 18.6 Å². The van der Waals surface area contributed by atoms with Gasteiger partial charge in [0.2, 0.25) is 0 Å². The lowest BCUT2D eigenvalue weighted by Crippen LogP contribution is -2.46. The number of ether oxygens (including phenoxy) is 1. The summed E-state index contributed by atoms with van der Waals surface area (Å²) in [5.74, 6) is 0. The first-order valence-electron chi connectivity index (χ1n) is 4.37. The van der Waals surface area contributed by atoms with Gasteiger partial charge in [-0.25, -0.2) is 8.78 Å². The van der Waals surface area contributed by atoms with Gasteiger partial charge in [-0.05, 0) is 6.92 Å². The Morgan fingerprint density at radius 3 is 2.85 bits per heavy atom. The van der Waals surface area contributed by atoms with Crippen molar-refractivity contribution in [3.05, 3.63) is 0 Å². The van der Waals surface area contributed by atoms with E-state index in [0.29, 0.717) is 13.0 Å². The van der Waals surface area contributed by atoms with E-state index in [1.54, 1.807) is 6.92 Å². The molecule has 0 aromatic rings. The molecule has 13 heavy (non-hydrogen) atoms. The Labute approximate surface area is 76.1 Å². The third-order valence-corrected chi connectivity index (χ3v) is 2.39. The molecule has 0 saturated carbocycles. The molecule has 2 N–H and O–H groups in total. The SMILES string of the molecule is CC1OCCC1(O)CNCC(F)F. The molecule has 0 aromatic carbocycles. The predicted molar refractivity (Wildman–Crippen MR) is 43.9 cm³/mol. The Hall–Kier alpha value is -0.260. The summed E-state index contributed by atoms with van der Waals surface area (Å²) in [5, 5.41) is 12.4. The molecule has 0 bridgehead atoms. The van der Waals surface area contributed by atoms with Gasteiger partial charge in [-0.15, -0.1) is 0 Å². The quantitative estimate of drug-likeness (QED) is 0.681. The van der Waals surface area contributed by atoms with Gasteiger partial charge >= 0.3 is 0 Å². The van der Waals surface area contributed by atoms with Crippen LogP contribution in [0.4, 0.5) is 8.78 Å². The second-order valence-electron chi connectivity index (χ2n) is 3.39. The number of rotatable bonds is 4. The summed E-state index contributed by atoms with van der Waals surface area (Å²) < 4.78 is 28.7. The lowest BCUT2D eigenvalue weighted by atomic mass is 9.97. The van der Waals surface area contributed by atoms with Crippen LogP contribution in [-0.2, 0) is 4.74 Å². The molecule has 2 unspecified atom stereocenters. The minimum Gasteiger partial charge on any atom is -0.386 e. The highest BCUT2D eigenvalue weighted by Crippen LogP contribution is 2.24. The molecule has 2 atom stereocenters. The van der Waals surface area contributed by atoms with Crippen molar-refractivity contribution in [3.8, 4) is 0 Å². The van der Waals surface area contributed by atoms with Crippen LogP contribution in [0.25, 0.3) is 0 Å². The summed E-state index contributed by atoms with van der Waals surface area (Å²) in [6.07, 6.45) is -2.15. The fourth-order valence-corrected chi connectivity index (χ4v) is 1.40. The molecule has 78 valence electrons. The third kappa shape index (κ3) is 2.86. The fourth-order valence-electron chi connectivity index (χ4n) is 1.40. The maximum atomic E-state index is 11.8. The number of aliphatic hydroxyl groups is 1. The minimum atomic E-state index is -2.37. The van der Waals surface area contributed by atoms with Gasteiger partial charge in [0.25, 0.3) is 6.43 Å².